The molecule has 0 spiro atoms. The van der Waals surface area contributed by atoms with E-state index in [-0.39, 0.29) is 18.1 Å². The lowest BCUT2D eigenvalue weighted by molar-refractivity contribution is -0.136. The van der Waals surface area contributed by atoms with E-state index in [4.69, 9.17) is 0 Å². The summed E-state index contributed by atoms with van der Waals surface area (Å²) in [6, 6.07) is 0. The van der Waals surface area contributed by atoms with Crippen LogP contribution in [0.3, 0.4) is 0 Å². The molecule has 3 nitrogen and oxygen atoms in total. The average Bonchev–Trinajstić information content (AvgIpc) is 2.17. The fourth-order valence-electron chi connectivity index (χ4n) is 1.95. The zero-order chi connectivity index (χ0) is 11.3. The molecular weight excluding hydrogens is 190 g/mol. The number of hydrogen-bond acceptors (Lipinski definition) is 2. The van der Waals surface area contributed by atoms with Gasteiger partial charge in [0.05, 0.1) is 6.42 Å². The van der Waals surface area contributed by atoms with Crippen LogP contribution in [0.5, 0.6) is 0 Å². The molecule has 1 fully saturated rings. The molecule has 0 aliphatic carbocycles. The lowest BCUT2D eigenvalue weighted by atomic mass is 10.0. The number of carbonyl (C=O) groups excluding carboxylic acids is 2. The Balaban J connectivity index is 2.30. The number of piperidine rings is 1. The molecule has 15 heavy (non-hydrogen) atoms. The Morgan fingerprint density at radius 3 is 2.27 bits per heavy atom. The van der Waals surface area contributed by atoms with Crippen LogP contribution >= 0.6 is 0 Å². The molecule has 0 aromatic rings. The highest BCUT2D eigenvalue weighted by molar-refractivity contribution is 5.98. The molecule has 1 saturated heterocycles. The summed E-state index contributed by atoms with van der Waals surface area (Å²) in [7, 11) is 0. The zero-order valence-electron chi connectivity index (χ0n) is 9.79. The largest absolute Gasteiger partial charge is 0.342 e. The van der Waals surface area contributed by atoms with Crippen LogP contribution in [0.15, 0.2) is 0 Å². The fraction of sp³-hybridized carbons (Fsp3) is 0.833. The summed E-state index contributed by atoms with van der Waals surface area (Å²) >= 11 is 0. The maximum atomic E-state index is 11.7. The molecule has 0 aromatic carbocycles. The minimum atomic E-state index is 0.0281. The SMILES string of the molecule is CC(C)CC(=O)CC(=O)N1CCCCC1. The summed E-state index contributed by atoms with van der Waals surface area (Å²) in [4.78, 5) is 25.0. The van der Waals surface area contributed by atoms with E-state index in [0.29, 0.717) is 12.3 Å². The lowest BCUT2D eigenvalue weighted by Gasteiger charge is -2.26. The summed E-state index contributed by atoms with van der Waals surface area (Å²) in [5.41, 5.74) is 0. The maximum absolute atomic E-state index is 11.7. The lowest BCUT2D eigenvalue weighted by Crippen LogP contribution is -2.36. The second kappa shape index (κ2) is 5.89. The molecule has 0 saturated carbocycles. The van der Waals surface area contributed by atoms with Gasteiger partial charge in [-0.15, -0.1) is 0 Å². The van der Waals surface area contributed by atoms with Crippen LogP contribution in [0.25, 0.3) is 0 Å². The Labute approximate surface area is 91.8 Å². The standard InChI is InChI=1S/C12H21NO2/c1-10(2)8-11(14)9-12(15)13-6-4-3-5-7-13/h10H,3-9H2,1-2H3. The number of nitrogens with zero attached hydrogens (tertiary/aromatic N) is 1. The predicted octanol–water partition coefficient (Wildman–Crippen LogP) is 2.00. The van der Waals surface area contributed by atoms with Crippen LogP contribution in [0.1, 0.15) is 46.0 Å². The minimum absolute atomic E-state index is 0.0281. The van der Waals surface area contributed by atoms with Crippen molar-refractivity contribution in [1.29, 1.82) is 0 Å². The minimum Gasteiger partial charge on any atom is -0.342 e. The summed E-state index contributed by atoms with van der Waals surface area (Å²) in [6.07, 6.45) is 4.02. The van der Waals surface area contributed by atoms with Crippen LogP contribution in [0.4, 0.5) is 0 Å². The van der Waals surface area contributed by atoms with E-state index in [0.717, 1.165) is 25.9 Å². The van der Waals surface area contributed by atoms with Gasteiger partial charge in [0, 0.05) is 19.5 Å². The van der Waals surface area contributed by atoms with Crippen molar-refractivity contribution in [2.75, 3.05) is 13.1 Å². The molecule has 1 heterocycles. The highest BCUT2D eigenvalue weighted by atomic mass is 16.2. The van der Waals surface area contributed by atoms with Crippen molar-refractivity contribution in [3.05, 3.63) is 0 Å². The zero-order valence-corrected chi connectivity index (χ0v) is 9.79. The van der Waals surface area contributed by atoms with Gasteiger partial charge in [-0.05, 0) is 25.2 Å². The molecule has 1 rings (SSSR count). The van der Waals surface area contributed by atoms with Crippen LogP contribution in [0.2, 0.25) is 0 Å². The first-order chi connectivity index (χ1) is 7.09. The van der Waals surface area contributed by atoms with Crippen molar-refractivity contribution in [1.82, 2.24) is 4.90 Å². The molecule has 0 radical (unpaired) electrons. The molecule has 0 aromatic heterocycles. The van der Waals surface area contributed by atoms with Gasteiger partial charge < -0.3 is 4.90 Å². The number of hydrogen-bond donors (Lipinski definition) is 0. The second-order valence-electron chi connectivity index (χ2n) is 4.75. The smallest absolute Gasteiger partial charge is 0.230 e. The Hall–Kier alpha value is -0.860. The first-order valence-corrected chi connectivity index (χ1v) is 5.89. The van der Waals surface area contributed by atoms with Crippen molar-refractivity contribution in [2.45, 2.75) is 46.0 Å². The molecule has 0 atom stereocenters. The molecule has 1 aliphatic rings. The van der Waals surface area contributed by atoms with Gasteiger partial charge in [-0.25, -0.2) is 0 Å². The maximum Gasteiger partial charge on any atom is 0.230 e. The molecule has 86 valence electrons. The van der Waals surface area contributed by atoms with Crippen LogP contribution in [-0.4, -0.2) is 29.7 Å². The summed E-state index contributed by atoms with van der Waals surface area (Å²) < 4.78 is 0. The first-order valence-electron chi connectivity index (χ1n) is 5.89. The van der Waals surface area contributed by atoms with Gasteiger partial charge in [-0.1, -0.05) is 13.8 Å². The molecule has 3 heteroatoms. The Kier molecular flexibility index (Phi) is 4.79. The Bertz CT molecular complexity index is 230. The van der Waals surface area contributed by atoms with Crippen molar-refractivity contribution < 1.29 is 9.59 Å². The van der Waals surface area contributed by atoms with Crippen LogP contribution < -0.4 is 0 Å². The van der Waals surface area contributed by atoms with Crippen LogP contribution in [-0.2, 0) is 9.59 Å². The summed E-state index contributed by atoms with van der Waals surface area (Å²) in [6.45, 7) is 5.69. The Morgan fingerprint density at radius 1 is 1.13 bits per heavy atom. The normalized spacial score (nSPS) is 16.9. The number of carbonyl (C=O) groups is 2. The van der Waals surface area contributed by atoms with Crippen molar-refractivity contribution >= 4 is 11.7 Å². The highest BCUT2D eigenvalue weighted by Gasteiger charge is 2.19. The van der Waals surface area contributed by atoms with Gasteiger partial charge in [-0.3, -0.25) is 9.59 Å². The fourth-order valence-corrected chi connectivity index (χ4v) is 1.95. The number of likely N-dealkylation sites (tertiary alicyclic amines) is 1. The predicted molar refractivity (Wildman–Crippen MR) is 59.5 cm³/mol. The van der Waals surface area contributed by atoms with Crippen molar-refractivity contribution in [3.63, 3.8) is 0 Å². The quantitative estimate of drug-likeness (QED) is 0.667. The molecule has 0 unspecified atom stereocenters. The third kappa shape index (κ3) is 4.45. The molecule has 0 bridgehead atoms. The van der Waals surface area contributed by atoms with E-state index in [1.54, 1.807) is 0 Å². The number of Topliss-reactive ketones (excluding diaryl/α,β-unsaturated/α-hetero) is 1. The average molecular weight is 211 g/mol. The van der Waals surface area contributed by atoms with E-state index >= 15 is 0 Å². The van der Waals surface area contributed by atoms with Crippen molar-refractivity contribution in [3.8, 4) is 0 Å². The van der Waals surface area contributed by atoms with Gasteiger partial charge in [0.25, 0.3) is 0 Å². The van der Waals surface area contributed by atoms with E-state index in [1.807, 2.05) is 18.7 Å². The molecule has 1 amide bonds. The first kappa shape index (κ1) is 12.2. The van der Waals surface area contributed by atoms with Gasteiger partial charge in [-0.2, -0.15) is 0 Å². The van der Waals surface area contributed by atoms with Gasteiger partial charge in [0.1, 0.15) is 5.78 Å². The Morgan fingerprint density at radius 2 is 1.73 bits per heavy atom. The molecule has 0 N–H and O–H groups in total. The topological polar surface area (TPSA) is 37.4 Å². The number of amides is 1. The monoisotopic (exact) mass is 211 g/mol. The van der Waals surface area contributed by atoms with E-state index in [1.165, 1.54) is 6.42 Å². The second-order valence-corrected chi connectivity index (χ2v) is 4.75. The third-order valence-corrected chi connectivity index (χ3v) is 2.69. The third-order valence-electron chi connectivity index (χ3n) is 2.69. The molecular formula is C12H21NO2. The van der Waals surface area contributed by atoms with Gasteiger partial charge in [0.15, 0.2) is 0 Å². The number of ketones is 1. The van der Waals surface area contributed by atoms with Crippen LogP contribution in [0, 0.1) is 5.92 Å². The van der Waals surface area contributed by atoms with E-state index < -0.39 is 0 Å². The van der Waals surface area contributed by atoms with Gasteiger partial charge in [0.2, 0.25) is 5.91 Å². The number of rotatable bonds is 4. The van der Waals surface area contributed by atoms with E-state index in [2.05, 4.69) is 0 Å². The summed E-state index contributed by atoms with van der Waals surface area (Å²) in [5, 5.41) is 0. The highest BCUT2D eigenvalue weighted by Crippen LogP contribution is 2.11. The summed E-state index contributed by atoms with van der Waals surface area (Å²) in [5.74, 6) is 0.465. The van der Waals surface area contributed by atoms with E-state index in [9.17, 15) is 9.59 Å². The van der Waals surface area contributed by atoms with Gasteiger partial charge >= 0.3 is 0 Å². The van der Waals surface area contributed by atoms with Crippen molar-refractivity contribution in [2.24, 2.45) is 5.92 Å². The molecule has 1 aliphatic heterocycles.